The van der Waals surface area contributed by atoms with Crippen LogP contribution in [0.5, 0.6) is 0 Å². The monoisotopic (exact) mass is 340 g/mol. The molecule has 1 aromatic carbocycles. The lowest BCUT2D eigenvalue weighted by molar-refractivity contribution is -0.142. The second-order valence-corrected chi connectivity index (χ2v) is 5.66. The highest BCUT2D eigenvalue weighted by Gasteiger charge is 2.30. The van der Waals surface area contributed by atoms with Crippen LogP contribution in [0.3, 0.4) is 0 Å². The molecule has 0 spiro atoms. The Morgan fingerprint density at radius 1 is 1.25 bits per heavy atom. The summed E-state index contributed by atoms with van der Waals surface area (Å²) in [6.45, 7) is 0.479. The number of rotatable bonds is 2. The highest BCUT2D eigenvalue weighted by molar-refractivity contribution is 9.10. The highest BCUT2D eigenvalue weighted by atomic mass is 79.9. The van der Waals surface area contributed by atoms with Crippen molar-refractivity contribution in [2.24, 2.45) is 0 Å². The first-order valence-electron chi connectivity index (χ1n) is 6.64. The van der Waals surface area contributed by atoms with Crippen LogP contribution in [0.4, 0.5) is 10.5 Å². The molecular weight excluding hydrogens is 324 g/mol. The predicted octanol–water partition coefficient (Wildman–Crippen LogP) is 3.31. The molecule has 1 aliphatic heterocycles. The SMILES string of the molecule is O=C(O)C1CCCCCN1C(=O)Nc1ccccc1Br. The summed E-state index contributed by atoms with van der Waals surface area (Å²) in [4.78, 5) is 25.1. The third-order valence-electron chi connectivity index (χ3n) is 3.41. The second-order valence-electron chi connectivity index (χ2n) is 4.81. The quantitative estimate of drug-likeness (QED) is 0.867. The van der Waals surface area contributed by atoms with Gasteiger partial charge in [-0.05, 0) is 40.9 Å². The Morgan fingerprint density at radius 3 is 2.70 bits per heavy atom. The minimum absolute atomic E-state index is 0.355. The molecule has 0 aromatic heterocycles. The number of carbonyl (C=O) groups excluding carboxylic acids is 1. The Labute approximate surface area is 126 Å². The molecule has 108 valence electrons. The van der Waals surface area contributed by atoms with E-state index in [0.29, 0.717) is 18.7 Å². The van der Waals surface area contributed by atoms with Gasteiger partial charge in [0.2, 0.25) is 0 Å². The van der Waals surface area contributed by atoms with E-state index in [1.807, 2.05) is 18.2 Å². The largest absolute Gasteiger partial charge is 0.480 e. The van der Waals surface area contributed by atoms with Crippen LogP contribution in [0.2, 0.25) is 0 Å². The standard InChI is InChI=1S/C14H17BrN2O3/c15-10-6-3-4-7-11(10)16-14(20)17-9-5-1-2-8-12(17)13(18)19/h3-4,6-7,12H,1-2,5,8-9H2,(H,16,20)(H,18,19). The van der Waals surface area contributed by atoms with Gasteiger partial charge in [-0.25, -0.2) is 9.59 Å². The molecular formula is C14H17BrN2O3. The van der Waals surface area contributed by atoms with Crippen molar-refractivity contribution in [2.45, 2.75) is 31.7 Å². The second kappa shape index (κ2) is 6.74. The summed E-state index contributed by atoms with van der Waals surface area (Å²) in [5.74, 6) is -0.936. The number of nitrogens with zero attached hydrogens (tertiary/aromatic N) is 1. The average molecular weight is 341 g/mol. The lowest BCUT2D eigenvalue weighted by Gasteiger charge is -2.27. The van der Waals surface area contributed by atoms with Gasteiger partial charge in [0.15, 0.2) is 0 Å². The van der Waals surface area contributed by atoms with E-state index in [1.165, 1.54) is 4.90 Å². The zero-order valence-electron chi connectivity index (χ0n) is 11.0. The van der Waals surface area contributed by atoms with Crippen molar-refractivity contribution >= 4 is 33.6 Å². The smallest absolute Gasteiger partial charge is 0.326 e. The van der Waals surface area contributed by atoms with Crippen molar-refractivity contribution in [1.29, 1.82) is 0 Å². The Kier molecular flexibility index (Phi) is 5.00. The number of urea groups is 1. The van der Waals surface area contributed by atoms with E-state index in [2.05, 4.69) is 21.2 Å². The van der Waals surface area contributed by atoms with Crippen molar-refractivity contribution in [1.82, 2.24) is 4.90 Å². The van der Waals surface area contributed by atoms with Gasteiger partial charge in [0.25, 0.3) is 0 Å². The third kappa shape index (κ3) is 3.50. The number of halogens is 1. The number of para-hydroxylation sites is 1. The number of likely N-dealkylation sites (tertiary alicyclic amines) is 1. The van der Waals surface area contributed by atoms with Gasteiger partial charge in [-0.2, -0.15) is 0 Å². The van der Waals surface area contributed by atoms with Crippen LogP contribution >= 0.6 is 15.9 Å². The Bertz CT molecular complexity index is 507. The highest BCUT2D eigenvalue weighted by Crippen LogP contribution is 2.23. The van der Waals surface area contributed by atoms with Crippen LogP contribution in [0.15, 0.2) is 28.7 Å². The van der Waals surface area contributed by atoms with Crippen molar-refractivity contribution in [3.63, 3.8) is 0 Å². The van der Waals surface area contributed by atoms with Gasteiger partial charge in [0.05, 0.1) is 5.69 Å². The fourth-order valence-corrected chi connectivity index (χ4v) is 2.74. The summed E-state index contributed by atoms with van der Waals surface area (Å²) < 4.78 is 0.773. The topological polar surface area (TPSA) is 69.6 Å². The lowest BCUT2D eigenvalue weighted by atomic mass is 10.1. The molecule has 2 amide bonds. The molecule has 1 unspecified atom stereocenters. The van der Waals surface area contributed by atoms with E-state index in [1.54, 1.807) is 6.07 Å². The molecule has 6 heteroatoms. The lowest BCUT2D eigenvalue weighted by Crippen LogP contribution is -2.46. The molecule has 0 bridgehead atoms. The molecule has 20 heavy (non-hydrogen) atoms. The molecule has 5 nitrogen and oxygen atoms in total. The van der Waals surface area contributed by atoms with Gasteiger partial charge in [0.1, 0.15) is 6.04 Å². The maximum Gasteiger partial charge on any atom is 0.326 e. The average Bonchev–Trinajstić information content (AvgIpc) is 2.67. The van der Waals surface area contributed by atoms with E-state index in [0.717, 1.165) is 23.7 Å². The molecule has 0 radical (unpaired) electrons. The van der Waals surface area contributed by atoms with Crippen LogP contribution in [0, 0.1) is 0 Å². The molecule has 1 fully saturated rings. The molecule has 1 atom stereocenters. The first-order valence-corrected chi connectivity index (χ1v) is 7.44. The third-order valence-corrected chi connectivity index (χ3v) is 4.11. The molecule has 1 saturated heterocycles. The fourth-order valence-electron chi connectivity index (χ4n) is 2.36. The molecule has 1 aromatic rings. The van der Waals surface area contributed by atoms with Gasteiger partial charge in [-0.3, -0.25) is 0 Å². The van der Waals surface area contributed by atoms with Gasteiger partial charge in [0, 0.05) is 11.0 Å². The number of aliphatic carboxylic acids is 1. The molecule has 2 rings (SSSR count). The van der Waals surface area contributed by atoms with E-state index >= 15 is 0 Å². The summed E-state index contributed by atoms with van der Waals surface area (Å²) in [6.07, 6.45) is 3.16. The summed E-state index contributed by atoms with van der Waals surface area (Å²) in [7, 11) is 0. The minimum atomic E-state index is -0.936. The van der Waals surface area contributed by atoms with Gasteiger partial charge < -0.3 is 15.3 Å². The van der Waals surface area contributed by atoms with E-state index in [-0.39, 0.29) is 6.03 Å². The minimum Gasteiger partial charge on any atom is -0.480 e. The first kappa shape index (κ1) is 14.8. The molecule has 0 saturated carbocycles. The van der Waals surface area contributed by atoms with Gasteiger partial charge >= 0.3 is 12.0 Å². The van der Waals surface area contributed by atoms with Crippen molar-refractivity contribution in [3.05, 3.63) is 28.7 Å². The Hall–Kier alpha value is -1.56. The van der Waals surface area contributed by atoms with Crippen molar-refractivity contribution in [3.8, 4) is 0 Å². The normalized spacial score (nSPS) is 19.2. The summed E-state index contributed by atoms with van der Waals surface area (Å²) in [6, 6.07) is 6.18. The summed E-state index contributed by atoms with van der Waals surface area (Å²) >= 11 is 3.36. The van der Waals surface area contributed by atoms with Crippen LogP contribution in [0.1, 0.15) is 25.7 Å². The maximum absolute atomic E-state index is 12.3. The van der Waals surface area contributed by atoms with Crippen LogP contribution in [-0.2, 0) is 4.79 Å². The maximum atomic E-state index is 12.3. The van der Waals surface area contributed by atoms with Crippen LogP contribution < -0.4 is 5.32 Å². The van der Waals surface area contributed by atoms with Gasteiger partial charge in [-0.1, -0.05) is 25.0 Å². The van der Waals surface area contributed by atoms with Crippen molar-refractivity contribution < 1.29 is 14.7 Å². The van der Waals surface area contributed by atoms with Crippen LogP contribution in [-0.4, -0.2) is 34.6 Å². The van der Waals surface area contributed by atoms with Gasteiger partial charge in [-0.15, -0.1) is 0 Å². The number of carboxylic acid groups (broad SMARTS) is 1. The number of nitrogens with one attached hydrogen (secondary N) is 1. The number of amides is 2. The summed E-state index contributed by atoms with van der Waals surface area (Å²) in [5, 5.41) is 12.0. The molecule has 1 heterocycles. The number of anilines is 1. The Morgan fingerprint density at radius 2 is 2.00 bits per heavy atom. The number of hydrogen-bond donors (Lipinski definition) is 2. The Balaban J connectivity index is 2.13. The first-order chi connectivity index (χ1) is 9.59. The molecule has 2 N–H and O–H groups in total. The predicted molar refractivity (Wildman–Crippen MR) is 79.8 cm³/mol. The van der Waals surface area contributed by atoms with Crippen molar-refractivity contribution in [2.75, 3.05) is 11.9 Å². The van der Waals surface area contributed by atoms with E-state index in [4.69, 9.17) is 0 Å². The number of hydrogen-bond acceptors (Lipinski definition) is 2. The zero-order valence-corrected chi connectivity index (χ0v) is 12.6. The van der Waals surface area contributed by atoms with E-state index in [9.17, 15) is 14.7 Å². The summed E-state index contributed by atoms with van der Waals surface area (Å²) in [5.41, 5.74) is 0.644. The number of benzene rings is 1. The molecule has 1 aliphatic rings. The molecule has 0 aliphatic carbocycles. The van der Waals surface area contributed by atoms with E-state index < -0.39 is 12.0 Å². The number of carbonyl (C=O) groups is 2. The van der Waals surface area contributed by atoms with Crippen LogP contribution in [0.25, 0.3) is 0 Å². The fraction of sp³-hybridized carbons (Fsp3) is 0.429. The zero-order chi connectivity index (χ0) is 14.5. The number of carboxylic acids is 1.